The van der Waals surface area contributed by atoms with Crippen LogP contribution in [0.3, 0.4) is 0 Å². The van der Waals surface area contributed by atoms with Crippen molar-refractivity contribution < 1.29 is 32.8 Å². The number of ether oxygens (including phenoxy) is 1. The summed E-state index contributed by atoms with van der Waals surface area (Å²) in [6.45, 7) is 0.883. The van der Waals surface area contributed by atoms with E-state index in [2.05, 4.69) is 23.6 Å². The number of unbranched alkanes of at least 4 members (excludes halogenated alkanes) is 11. The number of allylic oxidation sites excluding steroid dienone is 2. The second-order valence-corrected chi connectivity index (χ2v) is 8.64. The van der Waals surface area contributed by atoms with Gasteiger partial charge < -0.3 is 14.5 Å². The van der Waals surface area contributed by atoms with Gasteiger partial charge in [0.25, 0.3) is 0 Å². The van der Waals surface area contributed by atoms with Crippen molar-refractivity contribution in [2.45, 2.75) is 103 Å². The highest BCUT2D eigenvalue weighted by Crippen LogP contribution is 2.35. The monoisotopic (exact) mass is 438 g/mol. The highest BCUT2D eigenvalue weighted by atomic mass is 31.2. The minimum atomic E-state index is -4.70. The topological polar surface area (TPSA) is 93.1 Å². The number of hydrogen-bond acceptors (Lipinski definition) is 4. The zero-order valence-electron chi connectivity index (χ0n) is 17.9. The van der Waals surface area contributed by atoms with E-state index >= 15 is 0 Å². The lowest BCUT2D eigenvalue weighted by molar-refractivity contribution is -0.145. The first kappa shape index (κ1) is 28.2. The molecular formula is C21H40FO6P. The standard InChI is InChI=1S/C21H40FO6P/c1-2-3-4-5-6-7-8-9-10-11-12-13-14-15-16-17-21(23)27-18-20(22)19-28-29(24,25)26/h9-10,20H,2-8,11-19H2,1H3,(H2,24,25,26)/b10-9-/t20-/m0/s1. The zero-order valence-corrected chi connectivity index (χ0v) is 18.8. The van der Waals surface area contributed by atoms with Gasteiger partial charge in [-0.15, -0.1) is 0 Å². The molecule has 1 atom stereocenters. The fourth-order valence-corrected chi connectivity index (χ4v) is 3.18. The number of esters is 1. The van der Waals surface area contributed by atoms with Gasteiger partial charge in [0.2, 0.25) is 0 Å². The van der Waals surface area contributed by atoms with Gasteiger partial charge in [-0.1, -0.05) is 70.4 Å². The van der Waals surface area contributed by atoms with Crippen molar-refractivity contribution in [3.63, 3.8) is 0 Å². The van der Waals surface area contributed by atoms with Crippen LogP contribution in [0.15, 0.2) is 12.2 Å². The molecule has 0 aliphatic rings. The third kappa shape index (κ3) is 23.4. The maximum atomic E-state index is 13.3. The largest absolute Gasteiger partial charge is 0.469 e. The zero-order chi connectivity index (χ0) is 21.8. The van der Waals surface area contributed by atoms with E-state index in [0.29, 0.717) is 6.42 Å². The van der Waals surface area contributed by atoms with Crippen molar-refractivity contribution in [1.29, 1.82) is 0 Å². The molecule has 0 rings (SSSR count). The van der Waals surface area contributed by atoms with Gasteiger partial charge in [0.15, 0.2) is 6.17 Å². The Kier molecular flexibility index (Phi) is 18.7. The molecule has 0 amide bonds. The first-order valence-electron chi connectivity index (χ1n) is 11.0. The van der Waals surface area contributed by atoms with Crippen molar-refractivity contribution in [2.75, 3.05) is 13.2 Å². The average Bonchev–Trinajstić information content (AvgIpc) is 2.67. The van der Waals surface area contributed by atoms with E-state index in [9.17, 15) is 13.8 Å². The van der Waals surface area contributed by atoms with Gasteiger partial charge >= 0.3 is 13.8 Å². The third-order valence-corrected chi connectivity index (χ3v) is 4.98. The Morgan fingerprint density at radius 2 is 1.41 bits per heavy atom. The number of alkyl halides is 1. The molecule has 2 N–H and O–H groups in total. The molecule has 0 aromatic heterocycles. The summed E-state index contributed by atoms with van der Waals surface area (Å²) in [5, 5.41) is 0. The number of carbonyl (C=O) groups excluding carboxylic acids is 1. The maximum absolute atomic E-state index is 13.3. The van der Waals surface area contributed by atoms with Crippen LogP contribution in [0.25, 0.3) is 0 Å². The van der Waals surface area contributed by atoms with Gasteiger partial charge in [-0.05, 0) is 32.1 Å². The second kappa shape index (κ2) is 19.2. The summed E-state index contributed by atoms with van der Waals surface area (Å²) in [5.74, 6) is -0.499. The molecule has 29 heavy (non-hydrogen) atoms. The van der Waals surface area contributed by atoms with E-state index < -0.39 is 33.2 Å². The first-order chi connectivity index (χ1) is 13.8. The number of hydrogen-bond donors (Lipinski definition) is 2. The molecule has 0 radical (unpaired) electrons. The molecule has 0 saturated heterocycles. The Morgan fingerprint density at radius 3 is 1.97 bits per heavy atom. The van der Waals surface area contributed by atoms with Crippen molar-refractivity contribution in [2.24, 2.45) is 0 Å². The molecular weight excluding hydrogens is 398 g/mol. The lowest BCUT2D eigenvalue weighted by atomic mass is 10.1. The fourth-order valence-electron chi connectivity index (χ4n) is 2.82. The Hall–Kier alpha value is -0.750. The van der Waals surface area contributed by atoms with Gasteiger partial charge in [0.1, 0.15) is 6.61 Å². The molecule has 0 unspecified atom stereocenters. The quantitative estimate of drug-likeness (QED) is 0.105. The smallest absolute Gasteiger partial charge is 0.462 e. The van der Waals surface area contributed by atoms with Gasteiger partial charge in [-0.25, -0.2) is 8.96 Å². The number of phosphoric acid groups is 1. The normalized spacial score (nSPS) is 13.1. The fraction of sp³-hybridized carbons (Fsp3) is 0.857. The van der Waals surface area contributed by atoms with E-state index in [1.807, 2.05) is 0 Å². The number of rotatable bonds is 20. The molecule has 0 heterocycles. The first-order valence-corrected chi connectivity index (χ1v) is 12.5. The van der Waals surface area contributed by atoms with E-state index in [-0.39, 0.29) is 6.42 Å². The predicted molar refractivity (Wildman–Crippen MR) is 113 cm³/mol. The van der Waals surface area contributed by atoms with Crippen LogP contribution < -0.4 is 0 Å². The molecule has 0 aromatic carbocycles. The lowest BCUT2D eigenvalue weighted by Crippen LogP contribution is -2.19. The Bertz CT molecular complexity index is 466. The van der Waals surface area contributed by atoms with Crippen molar-refractivity contribution in [3.05, 3.63) is 12.2 Å². The van der Waals surface area contributed by atoms with Crippen LogP contribution in [-0.2, 0) is 18.6 Å². The molecule has 0 aromatic rings. The summed E-state index contributed by atoms with van der Waals surface area (Å²) in [6.07, 6.45) is 18.3. The van der Waals surface area contributed by atoms with E-state index in [1.165, 1.54) is 44.9 Å². The van der Waals surface area contributed by atoms with E-state index in [0.717, 1.165) is 32.1 Å². The van der Waals surface area contributed by atoms with Crippen LogP contribution in [0, 0.1) is 0 Å². The van der Waals surface area contributed by atoms with Crippen LogP contribution >= 0.6 is 7.82 Å². The summed E-state index contributed by atoms with van der Waals surface area (Å²) in [4.78, 5) is 28.4. The Labute approximate surface area is 175 Å². The minimum Gasteiger partial charge on any atom is -0.462 e. The maximum Gasteiger partial charge on any atom is 0.469 e. The third-order valence-electron chi connectivity index (χ3n) is 4.49. The number of phosphoric ester groups is 1. The average molecular weight is 439 g/mol. The van der Waals surface area contributed by atoms with Crippen molar-refractivity contribution in [1.82, 2.24) is 0 Å². The van der Waals surface area contributed by atoms with Gasteiger partial charge in [0, 0.05) is 6.42 Å². The van der Waals surface area contributed by atoms with Crippen molar-refractivity contribution >= 4 is 13.8 Å². The summed E-state index contributed by atoms with van der Waals surface area (Å²) in [6, 6.07) is 0. The Balaban J connectivity index is 3.38. The number of halogens is 1. The summed E-state index contributed by atoms with van der Waals surface area (Å²) < 4.78 is 32.4. The predicted octanol–water partition coefficient (Wildman–Crippen LogP) is 6.01. The summed E-state index contributed by atoms with van der Waals surface area (Å²) >= 11 is 0. The van der Waals surface area contributed by atoms with Crippen LogP contribution in [0.2, 0.25) is 0 Å². The molecule has 0 aliphatic carbocycles. The van der Waals surface area contributed by atoms with Gasteiger partial charge in [-0.2, -0.15) is 0 Å². The van der Waals surface area contributed by atoms with Crippen molar-refractivity contribution in [3.8, 4) is 0 Å². The molecule has 0 saturated carbocycles. The van der Waals surface area contributed by atoms with E-state index in [1.54, 1.807) is 0 Å². The minimum absolute atomic E-state index is 0.226. The molecule has 172 valence electrons. The van der Waals surface area contributed by atoms with Crippen LogP contribution in [0.4, 0.5) is 4.39 Å². The lowest BCUT2D eigenvalue weighted by Gasteiger charge is -2.10. The van der Waals surface area contributed by atoms with Crippen LogP contribution in [0.1, 0.15) is 96.8 Å². The second-order valence-electron chi connectivity index (χ2n) is 7.40. The number of carbonyl (C=O) groups is 1. The molecule has 0 spiro atoms. The molecule has 0 aliphatic heterocycles. The SMILES string of the molecule is CCCCCCCC/C=C\CCCCCCCC(=O)OC[C@H](F)COP(=O)(O)O. The molecule has 0 fully saturated rings. The highest BCUT2D eigenvalue weighted by Gasteiger charge is 2.18. The van der Waals surface area contributed by atoms with Gasteiger partial charge in [0.05, 0.1) is 6.61 Å². The van der Waals surface area contributed by atoms with Gasteiger partial charge in [-0.3, -0.25) is 9.32 Å². The van der Waals surface area contributed by atoms with Crippen LogP contribution in [0.5, 0.6) is 0 Å². The van der Waals surface area contributed by atoms with E-state index in [4.69, 9.17) is 14.5 Å². The highest BCUT2D eigenvalue weighted by molar-refractivity contribution is 7.46. The molecule has 6 nitrogen and oxygen atoms in total. The van der Waals surface area contributed by atoms with Crippen LogP contribution in [-0.4, -0.2) is 35.1 Å². The molecule has 0 bridgehead atoms. The molecule has 8 heteroatoms. The summed E-state index contributed by atoms with van der Waals surface area (Å²) in [5.41, 5.74) is 0. The Morgan fingerprint density at radius 1 is 0.897 bits per heavy atom. The summed E-state index contributed by atoms with van der Waals surface area (Å²) in [7, 11) is -4.70.